The molecule has 0 radical (unpaired) electrons. The van der Waals surface area contributed by atoms with Crippen LogP contribution in [0.3, 0.4) is 0 Å². The zero-order valence-electron chi connectivity index (χ0n) is 15.0. The Balaban J connectivity index is 1.79. The molecular weight excluding hydrogens is 380 g/mol. The van der Waals surface area contributed by atoms with Gasteiger partial charge in [0.25, 0.3) is 0 Å². The van der Waals surface area contributed by atoms with E-state index in [-0.39, 0.29) is 30.1 Å². The molecule has 9 nitrogen and oxygen atoms in total. The van der Waals surface area contributed by atoms with Gasteiger partial charge in [-0.1, -0.05) is 23.9 Å². The number of aromatic nitrogens is 4. The summed E-state index contributed by atoms with van der Waals surface area (Å²) in [6.45, 7) is 0.179. The molecule has 0 saturated heterocycles. The van der Waals surface area contributed by atoms with Crippen molar-refractivity contribution >= 4 is 29.5 Å². The van der Waals surface area contributed by atoms with Gasteiger partial charge in [0.05, 0.1) is 24.1 Å². The number of hydrogen-bond donors (Lipinski definition) is 2. The summed E-state index contributed by atoms with van der Waals surface area (Å²) in [7, 11) is 1.34. The van der Waals surface area contributed by atoms with Gasteiger partial charge in [-0.25, -0.2) is 15.0 Å². The Hall–Kier alpha value is -3.40. The molecule has 2 aromatic heterocycles. The summed E-state index contributed by atoms with van der Waals surface area (Å²) in [6, 6.07) is 9.22. The molecule has 3 aromatic rings. The van der Waals surface area contributed by atoms with Crippen molar-refractivity contribution < 1.29 is 14.3 Å². The molecule has 0 saturated carbocycles. The Morgan fingerprint density at radius 2 is 1.96 bits per heavy atom. The van der Waals surface area contributed by atoms with Crippen LogP contribution in [0.1, 0.15) is 5.56 Å². The molecular formula is C18H18N6O3S. The highest BCUT2D eigenvalue weighted by atomic mass is 32.2. The summed E-state index contributed by atoms with van der Waals surface area (Å²) in [5.74, 6) is 0.787. The van der Waals surface area contributed by atoms with Gasteiger partial charge in [0.1, 0.15) is 18.2 Å². The van der Waals surface area contributed by atoms with Gasteiger partial charge in [-0.2, -0.15) is 4.98 Å². The van der Waals surface area contributed by atoms with E-state index in [2.05, 4.69) is 24.7 Å². The zero-order valence-corrected chi connectivity index (χ0v) is 15.8. The number of nitrogens with two attached hydrogens (primary N) is 2. The first-order valence-electron chi connectivity index (χ1n) is 8.18. The number of carbonyl (C=O) groups is 1. The summed E-state index contributed by atoms with van der Waals surface area (Å²) in [6.07, 6.45) is 3.16. The van der Waals surface area contributed by atoms with Gasteiger partial charge in [-0.05, 0) is 18.2 Å². The minimum absolute atomic E-state index is 0.111. The molecule has 4 N–H and O–H groups in total. The molecule has 1 aromatic carbocycles. The second kappa shape index (κ2) is 9.00. The highest BCUT2D eigenvalue weighted by molar-refractivity contribution is 7.99. The van der Waals surface area contributed by atoms with E-state index in [4.69, 9.17) is 16.2 Å². The smallest absolute Gasteiger partial charge is 0.316 e. The number of nitrogen functional groups attached to an aromatic ring is 2. The van der Waals surface area contributed by atoms with Crippen LogP contribution in [0, 0.1) is 0 Å². The molecule has 0 aliphatic carbocycles. The van der Waals surface area contributed by atoms with Crippen LogP contribution in [0.15, 0.2) is 47.9 Å². The van der Waals surface area contributed by atoms with Crippen molar-refractivity contribution in [2.45, 2.75) is 11.8 Å². The summed E-state index contributed by atoms with van der Waals surface area (Å²) >= 11 is 1.20. The first kappa shape index (κ1) is 19.4. The Labute approximate surface area is 165 Å². The normalized spacial score (nSPS) is 10.5. The van der Waals surface area contributed by atoms with E-state index in [1.54, 1.807) is 12.3 Å². The summed E-state index contributed by atoms with van der Waals surface area (Å²) in [5, 5.41) is 0.467. The maximum Gasteiger partial charge on any atom is 0.316 e. The monoisotopic (exact) mass is 398 g/mol. The minimum atomic E-state index is -0.342. The van der Waals surface area contributed by atoms with Gasteiger partial charge in [-0.3, -0.25) is 4.79 Å². The number of para-hydroxylation sites is 1. The minimum Gasteiger partial charge on any atom is -0.488 e. The number of nitrogens with zero attached hydrogens (tertiary/aromatic N) is 4. The predicted octanol–water partition coefficient (Wildman–Crippen LogP) is 1.94. The Kier molecular flexibility index (Phi) is 6.22. The van der Waals surface area contributed by atoms with E-state index in [0.717, 1.165) is 5.56 Å². The molecule has 0 bridgehead atoms. The quantitative estimate of drug-likeness (QED) is 0.345. The predicted molar refractivity (Wildman–Crippen MR) is 105 cm³/mol. The third-order valence-corrected chi connectivity index (χ3v) is 4.48. The van der Waals surface area contributed by atoms with E-state index in [1.807, 2.05) is 24.3 Å². The SMILES string of the molecule is COC(=O)CSc1nccc(-c2ccccc2OCc2cnc(N)nc2N)n1. The average Bonchev–Trinajstić information content (AvgIpc) is 2.72. The van der Waals surface area contributed by atoms with Crippen LogP contribution in [0.2, 0.25) is 0 Å². The van der Waals surface area contributed by atoms with Crippen LogP contribution in [0.5, 0.6) is 5.75 Å². The first-order chi connectivity index (χ1) is 13.6. The van der Waals surface area contributed by atoms with Gasteiger partial charge in [-0.15, -0.1) is 0 Å². The van der Waals surface area contributed by atoms with Crippen LogP contribution in [0.4, 0.5) is 11.8 Å². The molecule has 0 spiro atoms. The number of ether oxygens (including phenoxy) is 2. The first-order valence-corrected chi connectivity index (χ1v) is 9.17. The van der Waals surface area contributed by atoms with Crippen molar-refractivity contribution in [3.05, 3.63) is 48.3 Å². The van der Waals surface area contributed by atoms with Crippen molar-refractivity contribution in [3.8, 4) is 17.0 Å². The lowest BCUT2D eigenvalue weighted by atomic mass is 10.1. The highest BCUT2D eigenvalue weighted by Gasteiger charge is 2.11. The number of benzene rings is 1. The molecule has 10 heteroatoms. The van der Waals surface area contributed by atoms with Crippen molar-refractivity contribution in [1.29, 1.82) is 0 Å². The molecule has 2 heterocycles. The van der Waals surface area contributed by atoms with Gasteiger partial charge in [0, 0.05) is 18.0 Å². The number of methoxy groups -OCH3 is 1. The summed E-state index contributed by atoms with van der Waals surface area (Å²) < 4.78 is 10.5. The summed E-state index contributed by atoms with van der Waals surface area (Å²) in [4.78, 5) is 27.8. The molecule has 0 atom stereocenters. The van der Waals surface area contributed by atoms with E-state index in [1.165, 1.54) is 25.1 Å². The fraction of sp³-hybridized carbons (Fsp3) is 0.167. The van der Waals surface area contributed by atoms with E-state index < -0.39 is 0 Å². The lowest BCUT2D eigenvalue weighted by Gasteiger charge is -2.12. The number of hydrogen-bond acceptors (Lipinski definition) is 10. The maximum absolute atomic E-state index is 11.3. The highest BCUT2D eigenvalue weighted by Crippen LogP contribution is 2.30. The van der Waals surface area contributed by atoms with E-state index in [9.17, 15) is 4.79 Å². The molecule has 0 fully saturated rings. The molecule has 0 aliphatic heterocycles. The molecule has 0 unspecified atom stereocenters. The second-order valence-corrected chi connectivity index (χ2v) is 6.46. The second-order valence-electron chi connectivity index (χ2n) is 5.51. The van der Waals surface area contributed by atoms with Crippen LogP contribution >= 0.6 is 11.8 Å². The van der Waals surface area contributed by atoms with Gasteiger partial charge < -0.3 is 20.9 Å². The van der Waals surface area contributed by atoms with Crippen molar-refractivity contribution in [2.24, 2.45) is 0 Å². The fourth-order valence-electron chi connectivity index (χ4n) is 2.25. The molecule has 0 amide bonds. The molecule has 0 aliphatic rings. The maximum atomic E-state index is 11.3. The summed E-state index contributed by atoms with van der Waals surface area (Å²) in [5.41, 5.74) is 13.4. The van der Waals surface area contributed by atoms with E-state index >= 15 is 0 Å². The van der Waals surface area contributed by atoms with Crippen molar-refractivity contribution in [2.75, 3.05) is 24.3 Å². The Morgan fingerprint density at radius 1 is 1.14 bits per heavy atom. The largest absolute Gasteiger partial charge is 0.488 e. The van der Waals surface area contributed by atoms with Crippen LogP contribution in [-0.2, 0) is 16.1 Å². The van der Waals surface area contributed by atoms with Crippen molar-refractivity contribution in [1.82, 2.24) is 19.9 Å². The van der Waals surface area contributed by atoms with Gasteiger partial charge in [0.15, 0.2) is 5.16 Å². The standard InChI is InChI=1S/C18H18N6O3S/c1-26-15(25)10-28-18-21-7-6-13(23-18)12-4-2-3-5-14(12)27-9-11-8-22-17(20)24-16(11)19/h2-8H,9-10H2,1H3,(H4,19,20,22,24). The lowest BCUT2D eigenvalue weighted by molar-refractivity contribution is -0.137. The molecule has 144 valence electrons. The number of rotatable bonds is 7. The van der Waals surface area contributed by atoms with Crippen LogP contribution < -0.4 is 16.2 Å². The van der Waals surface area contributed by atoms with Crippen LogP contribution in [0.25, 0.3) is 11.3 Å². The zero-order chi connectivity index (χ0) is 19.9. The Morgan fingerprint density at radius 3 is 2.75 bits per heavy atom. The van der Waals surface area contributed by atoms with Crippen LogP contribution in [-0.4, -0.2) is 38.8 Å². The molecule has 3 rings (SSSR count). The van der Waals surface area contributed by atoms with Gasteiger partial charge >= 0.3 is 5.97 Å². The van der Waals surface area contributed by atoms with Gasteiger partial charge in [0.2, 0.25) is 5.95 Å². The number of thioether (sulfide) groups is 1. The number of anilines is 2. The van der Waals surface area contributed by atoms with E-state index in [0.29, 0.717) is 22.2 Å². The third kappa shape index (κ3) is 4.86. The molecule has 28 heavy (non-hydrogen) atoms. The average molecular weight is 398 g/mol. The van der Waals surface area contributed by atoms with Crippen molar-refractivity contribution in [3.63, 3.8) is 0 Å². The fourth-order valence-corrected chi connectivity index (χ4v) is 2.91. The third-order valence-electron chi connectivity index (χ3n) is 3.64. The Bertz CT molecular complexity index is 985. The number of esters is 1. The topological polar surface area (TPSA) is 139 Å². The lowest BCUT2D eigenvalue weighted by Crippen LogP contribution is -2.06. The number of carbonyl (C=O) groups excluding carboxylic acids is 1.